The fourth-order valence-corrected chi connectivity index (χ4v) is 2.36. The van der Waals surface area contributed by atoms with Crippen LogP contribution in [0, 0.1) is 11.2 Å². The Kier molecular flexibility index (Phi) is 4.93. The third-order valence-electron chi connectivity index (χ3n) is 3.55. The molecule has 21 heavy (non-hydrogen) atoms. The standard InChI is InChI=1S/C17H20FN3/c1-2-21(15-10-8-14(18)9-11-15)12-16(17(19)20)13-6-4-3-5-7-13/h3-11,16H,2,12H2,1H3,(H3,19,20). The van der Waals surface area contributed by atoms with E-state index in [2.05, 4.69) is 4.90 Å². The molecule has 0 saturated heterocycles. The molecule has 0 bridgehead atoms. The highest BCUT2D eigenvalue weighted by Crippen LogP contribution is 2.21. The van der Waals surface area contributed by atoms with Crippen molar-refractivity contribution in [2.75, 3.05) is 18.0 Å². The van der Waals surface area contributed by atoms with Crippen molar-refractivity contribution in [3.63, 3.8) is 0 Å². The molecule has 0 saturated carbocycles. The lowest BCUT2D eigenvalue weighted by atomic mass is 9.97. The number of anilines is 1. The second kappa shape index (κ2) is 6.88. The average Bonchev–Trinajstić information content (AvgIpc) is 2.50. The predicted molar refractivity (Wildman–Crippen MR) is 85.4 cm³/mol. The fourth-order valence-electron chi connectivity index (χ4n) is 2.36. The van der Waals surface area contributed by atoms with Crippen molar-refractivity contribution in [3.8, 4) is 0 Å². The molecule has 0 spiro atoms. The first kappa shape index (κ1) is 15.0. The van der Waals surface area contributed by atoms with Crippen LogP contribution < -0.4 is 10.6 Å². The number of amidine groups is 1. The third kappa shape index (κ3) is 3.81. The van der Waals surface area contributed by atoms with E-state index < -0.39 is 0 Å². The molecule has 0 heterocycles. The monoisotopic (exact) mass is 285 g/mol. The number of nitrogens with zero attached hydrogens (tertiary/aromatic N) is 1. The maximum atomic E-state index is 13.0. The number of nitrogens with two attached hydrogens (primary N) is 1. The second-order valence-electron chi connectivity index (χ2n) is 4.93. The molecule has 0 radical (unpaired) electrons. The van der Waals surface area contributed by atoms with Crippen molar-refractivity contribution >= 4 is 11.5 Å². The Morgan fingerprint density at radius 2 is 1.76 bits per heavy atom. The molecule has 0 aromatic heterocycles. The van der Waals surface area contributed by atoms with Crippen molar-refractivity contribution in [2.45, 2.75) is 12.8 Å². The van der Waals surface area contributed by atoms with E-state index in [1.165, 1.54) is 12.1 Å². The Morgan fingerprint density at radius 1 is 1.14 bits per heavy atom. The van der Waals surface area contributed by atoms with E-state index in [1.807, 2.05) is 37.3 Å². The Balaban J connectivity index is 2.22. The predicted octanol–water partition coefficient (Wildman–Crippen LogP) is 3.37. The third-order valence-corrected chi connectivity index (χ3v) is 3.55. The summed E-state index contributed by atoms with van der Waals surface area (Å²) in [5.74, 6) is -0.279. The minimum atomic E-state index is -0.249. The lowest BCUT2D eigenvalue weighted by Crippen LogP contribution is -2.34. The van der Waals surface area contributed by atoms with Crippen LogP contribution in [0.25, 0.3) is 0 Å². The summed E-state index contributed by atoms with van der Waals surface area (Å²) in [6.07, 6.45) is 0. The molecule has 0 amide bonds. The largest absolute Gasteiger partial charge is 0.387 e. The van der Waals surface area contributed by atoms with Gasteiger partial charge in [0.2, 0.25) is 0 Å². The average molecular weight is 285 g/mol. The fraction of sp³-hybridized carbons (Fsp3) is 0.235. The Labute approximate surface area is 124 Å². The van der Waals surface area contributed by atoms with E-state index in [4.69, 9.17) is 11.1 Å². The zero-order chi connectivity index (χ0) is 15.2. The van der Waals surface area contributed by atoms with E-state index >= 15 is 0 Å². The molecule has 110 valence electrons. The van der Waals surface area contributed by atoms with Gasteiger partial charge >= 0.3 is 0 Å². The van der Waals surface area contributed by atoms with Crippen LogP contribution in [0.15, 0.2) is 54.6 Å². The van der Waals surface area contributed by atoms with E-state index in [9.17, 15) is 4.39 Å². The van der Waals surface area contributed by atoms with E-state index in [0.29, 0.717) is 6.54 Å². The van der Waals surface area contributed by atoms with Gasteiger partial charge in [0.15, 0.2) is 0 Å². The smallest absolute Gasteiger partial charge is 0.123 e. The molecule has 0 aliphatic heterocycles. The van der Waals surface area contributed by atoms with Gasteiger partial charge in [0, 0.05) is 18.8 Å². The summed E-state index contributed by atoms with van der Waals surface area (Å²) in [7, 11) is 0. The van der Waals surface area contributed by atoms with Gasteiger partial charge in [-0.15, -0.1) is 0 Å². The molecule has 3 nitrogen and oxygen atoms in total. The molecule has 2 aromatic carbocycles. The molecule has 4 heteroatoms. The first-order valence-corrected chi connectivity index (χ1v) is 7.01. The van der Waals surface area contributed by atoms with E-state index in [-0.39, 0.29) is 17.6 Å². The van der Waals surface area contributed by atoms with Gasteiger partial charge in [-0.1, -0.05) is 30.3 Å². The topological polar surface area (TPSA) is 53.1 Å². The summed E-state index contributed by atoms with van der Waals surface area (Å²) in [5, 5.41) is 7.85. The molecule has 0 fully saturated rings. The molecule has 2 rings (SSSR count). The number of nitrogens with one attached hydrogen (secondary N) is 1. The number of hydrogen-bond acceptors (Lipinski definition) is 2. The highest BCUT2D eigenvalue weighted by molar-refractivity contribution is 5.85. The van der Waals surface area contributed by atoms with Crippen LogP contribution in [-0.4, -0.2) is 18.9 Å². The zero-order valence-corrected chi connectivity index (χ0v) is 12.1. The van der Waals surface area contributed by atoms with Crippen LogP contribution in [0.2, 0.25) is 0 Å². The molecule has 2 aromatic rings. The summed E-state index contributed by atoms with van der Waals surface area (Å²) in [4.78, 5) is 2.10. The van der Waals surface area contributed by atoms with Gasteiger partial charge in [0.25, 0.3) is 0 Å². The van der Waals surface area contributed by atoms with Crippen LogP contribution in [0.5, 0.6) is 0 Å². The van der Waals surface area contributed by atoms with Crippen LogP contribution in [0.1, 0.15) is 18.4 Å². The highest BCUT2D eigenvalue weighted by atomic mass is 19.1. The molecule has 3 N–H and O–H groups in total. The summed E-state index contributed by atoms with van der Waals surface area (Å²) in [6, 6.07) is 16.2. The molecule has 1 atom stereocenters. The normalized spacial score (nSPS) is 11.9. The SMILES string of the molecule is CCN(CC(C(=N)N)c1ccccc1)c1ccc(F)cc1. The van der Waals surface area contributed by atoms with Crippen LogP contribution in [0.4, 0.5) is 10.1 Å². The first-order valence-electron chi connectivity index (χ1n) is 7.01. The molecular formula is C17H20FN3. The summed E-state index contributed by atoms with van der Waals surface area (Å²) >= 11 is 0. The first-order chi connectivity index (χ1) is 10.1. The van der Waals surface area contributed by atoms with Gasteiger partial charge in [0.1, 0.15) is 5.82 Å². The summed E-state index contributed by atoms with van der Waals surface area (Å²) in [5.41, 5.74) is 7.72. The van der Waals surface area contributed by atoms with Gasteiger partial charge in [-0.25, -0.2) is 4.39 Å². The van der Waals surface area contributed by atoms with Crippen molar-refractivity contribution in [2.24, 2.45) is 5.73 Å². The molecular weight excluding hydrogens is 265 g/mol. The van der Waals surface area contributed by atoms with Crippen molar-refractivity contribution in [3.05, 3.63) is 66.0 Å². The van der Waals surface area contributed by atoms with E-state index in [0.717, 1.165) is 17.8 Å². The Hall–Kier alpha value is -2.36. The Bertz CT molecular complexity index is 581. The number of benzene rings is 2. The maximum absolute atomic E-state index is 13.0. The van der Waals surface area contributed by atoms with Gasteiger partial charge in [-0.05, 0) is 36.8 Å². The minimum Gasteiger partial charge on any atom is -0.387 e. The van der Waals surface area contributed by atoms with Gasteiger partial charge < -0.3 is 10.6 Å². The second-order valence-corrected chi connectivity index (χ2v) is 4.93. The van der Waals surface area contributed by atoms with Gasteiger partial charge in [-0.3, -0.25) is 5.41 Å². The number of hydrogen-bond donors (Lipinski definition) is 2. The van der Waals surface area contributed by atoms with Gasteiger partial charge in [0.05, 0.1) is 11.8 Å². The lowest BCUT2D eigenvalue weighted by Gasteiger charge is -2.28. The number of likely N-dealkylation sites (N-methyl/N-ethyl adjacent to an activating group) is 1. The molecule has 0 aliphatic carbocycles. The highest BCUT2D eigenvalue weighted by Gasteiger charge is 2.18. The van der Waals surface area contributed by atoms with Crippen LogP contribution >= 0.6 is 0 Å². The van der Waals surface area contributed by atoms with Crippen LogP contribution in [-0.2, 0) is 0 Å². The maximum Gasteiger partial charge on any atom is 0.123 e. The van der Waals surface area contributed by atoms with Crippen LogP contribution in [0.3, 0.4) is 0 Å². The molecule has 0 aliphatic rings. The van der Waals surface area contributed by atoms with Gasteiger partial charge in [-0.2, -0.15) is 0 Å². The van der Waals surface area contributed by atoms with E-state index in [1.54, 1.807) is 12.1 Å². The molecule has 1 unspecified atom stereocenters. The van der Waals surface area contributed by atoms with Crippen molar-refractivity contribution in [1.82, 2.24) is 0 Å². The quantitative estimate of drug-likeness (QED) is 0.631. The van der Waals surface area contributed by atoms with Crippen molar-refractivity contribution in [1.29, 1.82) is 5.41 Å². The summed E-state index contributed by atoms with van der Waals surface area (Å²) < 4.78 is 13.0. The lowest BCUT2D eigenvalue weighted by molar-refractivity contribution is 0.627. The minimum absolute atomic E-state index is 0.141. The Morgan fingerprint density at radius 3 is 2.29 bits per heavy atom. The number of halogens is 1. The van der Waals surface area contributed by atoms with Crippen molar-refractivity contribution < 1.29 is 4.39 Å². The zero-order valence-electron chi connectivity index (χ0n) is 12.1. The summed E-state index contributed by atoms with van der Waals surface area (Å²) in [6.45, 7) is 3.40. The number of rotatable bonds is 6.